The number of hydrogen-bond donors (Lipinski definition) is 2. The number of nitrogens with zero attached hydrogens (tertiary/aromatic N) is 1. The molecule has 1 aromatic carbocycles. The summed E-state index contributed by atoms with van der Waals surface area (Å²) in [5.41, 5.74) is 0.667. The van der Waals surface area contributed by atoms with E-state index in [-0.39, 0.29) is 24.1 Å². The van der Waals surface area contributed by atoms with Gasteiger partial charge in [0.1, 0.15) is 0 Å². The van der Waals surface area contributed by atoms with Crippen molar-refractivity contribution in [2.75, 3.05) is 0 Å². The lowest BCUT2D eigenvalue weighted by Crippen LogP contribution is -2.48. The van der Waals surface area contributed by atoms with Crippen LogP contribution in [-0.4, -0.2) is 34.1 Å². The lowest BCUT2D eigenvalue weighted by molar-refractivity contribution is 0.0286. The second-order valence-corrected chi connectivity index (χ2v) is 6.76. The van der Waals surface area contributed by atoms with Gasteiger partial charge in [-0.2, -0.15) is 0 Å². The number of rotatable bonds is 1. The Hall–Kier alpha value is -0.520. The van der Waals surface area contributed by atoms with Gasteiger partial charge < -0.3 is 10.0 Å². The second-order valence-electron chi connectivity index (χ2n) is 5.39. The molecule has 2 fully saturated rings. The maximum Gasteiger partial charge on any atom is 0.255 e. The number of piperidine rings is 1. The van der Waals surface area contributed by atoms with Gasteiger partial charge in [0.2, 0.25) is 0 Å². The van der Waals surface area contributed by atoms with E-state index in [1.807, 2.05) is 17.0 Å². The molecule has 2 unspecified atom stereocenters. The summed E-state index contributed by atoms with van der Waals surface area (Å²) in [5.74, 6) is 0.0576. The first-order valence-corrected chi connectivity index (χ1v) is 7.79. The monoisotopic (exact) mass is 341 g/mol. The molecule has 19 heavy (non-hydrogen) atoms. The summed E-state index contributed by atoms with van der Waals surface area (Å²) in [6, 6.07) is 5.91. The highest BCUT2D eigenvalue weighted by atomic mass is 79.9. The summed E-state index contributed by atoms with van der Waals surface area (Å²) in [4.78, 5) is 15.5. The van der Waals surface area contributed by atoms with Crippen molar-refractivity contribution in [3.63, 3.8) is 0 Å². The van der Waals surface area contributed by atoms with Crippen LogP contribution < -0.4 is 0 Å². The van der Waals surface area contributed by atoms with Gasteiger partial charge in [-0.05, 0) is 59.8 Å². The molecular weight excluding hydrogens is 326 g/mol. The maximum atomic E-state index is 12.7. The fraction of sp³-hybridized carbons (Fsp3) is 0.500. The SMILES string of the molecule is O=C(c1cc(S)ccc1Br)N1C2CCC1CC(O)C2. The summed E-state index contributed by atoms with van der Waals surface area (Å²) < 4.78 is 0.806. The number of thiol groups is 1. The number of fused-ring (bicyclic) bond motifs is 2. The van der Waals surface area contributed by atoms with Crippen LogP contribution in [0.3, 0.4) is 0 Å². The van der Waals surface area contributed by atoms with E-state index in [0.29, 0.717) is 18.4 Å². The first-order chi connectivity index (χ1) is 9.06. The van der Waals surface area contributed by atoms with Gasteiger partial charge in [0.25, 0.3) is 5.91 Å². The maximum absolute atomic E-state index is 12.7. The Morgan fingerprint density at radius 1 is 1.32 bits per heavy atom. The summed E-state index contributed by atoms with van der Waals surface area (Å²) in [7, 11) is 0. The first kappa shape index (κ1) is 13.5. The van der Waals surface area contributed by atoms with Crippen LogP contribution in [0, 0.1) is 0 Å². The fourth-order valence-electron chi connectivity index (χ4n) is 3.30. The zero-order chi connectivity index (χ0) is 13.6. The van der Waals surface area contributed by atoms with E-state index in [1.54, 1.807) is 6.07 Å². The second kappa shape index (κ2) is 5.11. The average Bonchev–Trinajstić information content (AvgIpc) is 2.64. The van der Waals surface area contributed by atoms with Gasteiger partial charge in [0.15, 0.2) is 0 Å². The van der Waals surface area contributed by atoms with E-state index in [1.165, 1.54) is 0 Å². The minimum absolute atomic E-state index is 0.0576. The van der Waals surface area contributed by atoms with E-state index in [4.69, 9.17) is 0 Å². The van der Waals surface area contributed by atoms with Crippen LogP contribution in [0.4, 0.5) is 0 Å². The molecule has 102 valence electrons. The molecule has 2 aliphatic heterocycles. The fourth-order valence-corrected chi connectivity index (χ4v) is 3.92. The summed E-state index contributed by atoms with van der Waals surface area (Å²) in [5, 5.41) is 9.80. The Morgan fingerprint density at radius 2 is 1.95 bits per heavy atom. The number of halogens is 1. The van der Waals surface area contributed by atoms with Gasteiger partial charge in [-0.3, -0.25) is 4.79 Å². The van der Waals surface area contributed by atoms with E-state index >= 15 is 0 Å². The third-order valence-corrected chi connectivity index (χ3v) is 5.09. The van der Waals surface area contributed by atoms with Crippen LogP contribution in [-0.2, 0) is 0 Å². The van der Waals surface area contributed by atoms with Gasteiger partial charge in [0.05, 0.1) is 11.7 Å². The van der Waals surface area contributed by atoms with Crippen LogP contribution in [0.15, 0.2) is 27.6 Å². The van der Waals surface area contributed by atoms with Gasteiger partial charge in [0, 0.05) is 21.5 Å². The normalized spacial score (nSPS) is 29.6. The molecule has 2 aliphatic rings. The van der Waals surface area contributed by atoms with Crippen molar-refractivity contribution in [3.05, 3.63) is 28.2 Å². The van der Waals surface area contributed by atoms with Crippen LogP contribution >= 0.6 is 28.6 Å². The third-order valence-electron chi connectivity index (χ3n) is 4.12. The Labute approximate surface area is 126 Å². The minimum atomic E-state index is -0.249. The van der Waals surface area contributed by atoms with Crippen LogP contribution in [0.25, 0.3) is 0 Å². The standard InChI is InChI=1S/C14H16BrNO2S/c15-13-4-3-11(19)7-12(13)14(18)16-8-1-2-9(16)6-10(17)5-8/h3-4,7-10,17,19H,1-2,5-6H2. The molecule has 0 saturated carbocycles. The smallest absolute Gasteiger partial charge is 0.255 e. The number of aliphatic hydroxyl groups excluding tert-OH is 1. The first-order valence-electron chi connectivity index (χ1n) is 6.55. The van der Waals surface area contributed by atoms with Crippen LogP contribution in [0.5, 0.6) is 0 Å². The number of carbonyl (C=O) groups is 1. The minimum Gasteiger partial charge on any atom is -0.393 e. The molecule has 2 bridgehead atoms. The quantitative estimate of drug-likeness (QED) is 0.771. The molecule has 3 rings (SSSR count). The molecule has 0 aliphatic carbocycles. The number of hydrogen-bond acceptors (Lipinski definition) is 3. The van der Waals surface area contributed by atoms with Gasteiger partial charge in [-0.1, -0.05) is 0 Å². The van der Waals surface area contributed by atoms with Crippen molar-refractivity contribution < 1.29 is 9.90 Å². The zero-order valence-corrected chi connectivity index (χ0v) is 12.9. The van der Waals surface area contributed by atoms with Crippen molar-refractivity contribution in [1.82, 2.24) is 4.90 Å². The number of benzene rings is 1. The average molecular weight is 342 g/mol. The topological polar surface area (TPSA) is 40.5 Å². The lowest BCUT2D eigenvalue weighted by Gasteiger charge is -2.37. The molecule has 2 atom stereocenters. The van der Waals surface area contributed by atoms with Gasteiger partial charge in [-0.15, -0.1) is 12.6 Å². The van der Waals surface area contributed by atoms with E-state index in [2.05, 4.69) is 28.6 Å². The van der Waals surface area contributed by atoms with Crippen molar-refractivity contribution in [3.8, 4) is 0 Å². The van der Waals surface area contributed by atoms with Crippen molar-refractivity contribution in [1.29, 1.82) is 0 Å². The molecule has 1 amide bonds. The number of carbonyl (C=O) groups excluding carboxylic acids is 1. The van der Waals surface area contributed by atoms with Crippen molar-refractivity contribution in [2.24, 2.45) is 0 Å². The van der Waals surface area contributed by atoms with Crippen LogP contribution in [0.1, 0.15) is 36.0 Å². The molecule has 5 heteroatoms. The van der Waals surface area contributed by atoms with Gasteiger partial charge in [-0.25, -0.2) is 0 Å². The van der Waals surface area contributed by atoms with E-state index < -0.39 is 0 Å². The molecule has 2 saturated heterocycles. The van der Waals surface area contributed by atoms with Gasteiger partial charge >= 0.3 is 0 Å². The highest BCUT2D eigenvalue weighted by Crippen LogP contribution is 2.37. The molecule has 0 spiro atoms. The molecule has 0 aromatic heterocycles. The summed E-state index contributed by atoms with van der Waals surface area (Å²) in [6.07, 6.45) is 3.18. The largest absolute Gasteiger partial charge is 0.393 e. The Bertz CT molecular complexity index is 508. The van der Waals surface area contributed by atoms with Crippen molar-refractivity contribution >= 4 is 34.5 Å². The summed E-state index contributed by atoms with van der Waals surface area (Å²) >= 11 is 7.74. The number of aliphatic hydroxyl groups is 1. The highest BCUT2D eigenvalue weighted by Gasteiger charge is 2.43. The van der Waals surface area contributed by atoms with E-state index in [9.17, 15) is 9.90 Å². The number of amides is 1. The Morgan fingerprint density at radius 3 is 2.58 bits per heavy atom. The Balaban J connectivity index is 1.90. The molecule has 1 N–H and O–H groups in total. The lowest BCUT2D eigenvalue weighted by atomic mass is 9.99. The predicted molar refractivity (Wildman–Crippen MR) is 79.6 cm³/mol. The highest BCUT2D eigenvalue weighted by molar-refractivity contribution is 9.10. The third kappa shape index (κ3) is 2.43. The zero-order valence-electron chi connectivity index (χ0n) is 10.4. The Kier molecular flexibility index (Phi) is 3.62. The molecular formula is C14H16BrNO2S. The van der Waals surface area contributed by atoms with Crippen LogP contribution in [0.2, 0.25) is 0 Å². The molecule has 0 radical (unpaired) electrons. The van der Waals surface area contributed by atoms with E-state index in [0.717, 1.165) is 22.2 Å². The predicted octanol–water partition coefficient (Wildman–Crippen LogP) is 2.87. The molecule has 1 aromatic rings. The molecule has 2 heterocycles. The molecule has 3 nitrogen and oxygen atoms in total. The summed E-state index contributed by atoms with van der Waals surface area (Å²) in [6.45, 7) is 0. The van der Waals surface area contributed by atoms with Crippen molar-refractivity contribution in [2.45, 2.75) is 48.8 Å².